The molecule has 5 heavy (non-hydrogen) atoms. The second-order valence-electron chi connectivity index (χ2n) is 0. The minimum atomic E-state index is 0. The zero-order chi connectivity index (χ0) is 0. The van der Waals surface area contributed by atoms with Crippen LogP contribution in [0.4, 0.5) is 0 Å². The van der Waals surface area contributed by atoms with Crippen LogP contribution >= 0.6 is 34.0 Å². The molecule has 0 heterocycles. The van der Waals surface area contributed by atoms with Crippen LogP contribution in [0.2, 0.25) is 0 Å². The van der Waals surface area contributed by atoms with E-state index in [0.29, 0.717) is 0 Å². The van der Waals surface area contributed by atoms with Crippen molar-refractivity contribution in [2.75, 3.05) is 0 Å². The monoisotopic (exact) mass is 232 g/mol. The summed E-state index contributed by atoms with van der Waals surface area (Å²) in [5, 5.41) is 0. The Labute approximate surface area is 120 Å². The van der Waals surface area contributed by atoms with Crippen LogP contribution in [-0.2, 0) is 0 Å². The molecule has 0 aliphatic heterocycles. The summed E-state index contributed by atoms with van der Waals surface area (Å²) in [7, 11) is 0. The van der Waals surface area contributed by atoms with Gasteiger partial charge in [0.1, 0.15) is 0 Å². The summed E-state index contributed by atoms with van der Waals surface area (Å²) in [5.74, 6) is 0. The summed E-state index contributed by atoms with van der Waals surface area (Å²) in [6, 6.07) is 0. The Morgan fingerprint density at radius 2 is 0.400 bits per heavy atom. The van der Waals surface area contributed by atoms with Crippen molar-refractivity contribution in [3.63, 3.8) is 0 Å². The molecule has 5 heteroatoms. The first-order valence-corrected chi connectivity index (χ1v) is 0. The van der Waals surface area contributed by atoms with Crippen molar-refractivity contribution in [3.05, 3.63) is 0 Å². The van der Waals surface area contributed by atoms with E-state index in [1.54, 1.807) is 0 Å². The van der Waals surface area contributed by atoms with Crippen LogP contribution in [0.3, 0.4) is 0 Å². The van der Waals surface area contributed by atoms with Gasteiger partial charge in [-0.05, 0) is 0 Å². The van der Waals surface area contributed by atoms with Crippen LogP contribution in [0, 0.1) is 0 Å². The van der Waals surface area contributed by atoms with E-state index < -0.39 is 0 Å². The fraction of sp³-hybridized carbons (Fsp3) is 0. The first kappa shape index (κ1) is 36.2. The van der Waals surface area contributed by atoms with E-state index in [9.17, 15) is 0 Å². The Balaban J connectivity index is 0. The van der Waals surface area contributed by atoms with Crippen LogP contribution in [0.1, 0.15) is 0 Å². The van der Waals surface area contributed by atoms with Gasteiger partial charge in [-0.15, -0.1) is 34.0 Å². The van der Waals surface area contributed by atoms with Gasteiger partial charge >= 0.3 is 88.7 Å². The molecule has 0 unspecified atom stereocenters. The fourth-order valence-electron chi connectivity index (χ4n) is 0. The molecule has 0 atom stereocenters. The number of rotatable bonds is 0. The normalized spacial score (nSPS) is 0. The molecule has 0 N–H and O–H groups in total. The van der Waals surface area contributed by atoms with E-state index in [1.165, 1.54) is 0 Å². The predicted octanol–water partition coefficient (Wildman–Crippen LogP) is -0.790. The predicted molar refractivity (Wildman–Crippen MR) is 42.1 cm³/mol. The van der Waals surface area contributed by atoms with Crippen molar-refractivity contribution >= 4 is 123 Å². The average molecular weight is 234 g/mol. The van der Waals surface area contributed by atoms with Gasteiger partial charge in [0.15, 0.2) is 0 Å². The van der Waals surface area contributed by atoms with Gasteiger partial charge in [-0.25, -0.2) is 0 Å². The van der Waals surface area contributed by atoms with E-state index in [1.807, 2.05) is 0 Å². The molecule has 0 aliphatic carbocycles. The molecular formula is H5Br2Na3. The molecule has 0 radical (unpaired) electrons. The average Bonchev–Trinajstić information content (AvgIpc) is 0. The molecule has 0 aliphatic rings. The summed E-state index contributed by atoms with van der Waals surface area (Å²) < 4.78 is 0. The topological polar surface area (TPSA) is 0 Å². The molecule has 0 saturated heterocycles. The van der Waals surface area contributed by atoms with Gasteiger partial charge in [-0.3, -0.25) is 0 Å². The first-order valence-electron chi connectivity index (χ1n) is 0. The van der Waals surface area contributed by atoms with E-state index in [2.05, 4.69) is 0 Å². The van der Waals surface area contributed by atoms with Crippen molar-refractivity contribution in [3.8, 4) is 0 Å². The third-order valence-corrected chi connectivity index (χ3v) is 0. The molecule has 0 aromatic heterocycles. The Bertz CT molecular complexity index is 4.85. The summed E-state index contributed by atoms with van der Waals surface area (Å²) in [6.07, 6.45) is 0. The zero-order valence-corrected chi connectivity index (χ0v) is 4.24. The van der Waals surface area contributed by atoms with Crippen molar-refractivity contribution < 1.29 is 0 Å². The molecule has 0 rings (SSSR count). The second kappa shape index (κ2) is 24.6. The van der Waals surface area contributed by atoms with Crippen LogP contribution < -0.4 is 0 Å². The van der Waals surface area contributed by atoms with Gasteiger partial charge in [0.05, 0.1) is 0 Å². The molecule has 0 fully saturated rings. The van der Waals surface area contributed by atoms with Crippen molar-refractivity contribution in [1.82, 2.24) is 0 Å². The van der Waals surface area contributed by atoms with Crippen LogP contribution in [0.5, 0.6) is 0 Å². The van der Waals surface area contributed by atoms with Gasteiger partial charge in [-0.2, -0.15) is 0 Å². The van der Waals surface area contributed by atoms with Gasteiger partial charge in [0.2, 0.25) is 0 Å². The second-order valence-corrected chi connectivity index (χ2v) is 0. The van der Waals surface area contributed by atoms with Crippen LogP contribution in [0.15, 0.2) is 0 Å². The van der Waals surface area contributed by atoms with Gasteiger partial charge < -0.3 is 0 Å². The first-order chi connectivity index (χ1) is 0. The summed E-state index contributed by atoms with van der Waals surface area (Å²) in [4.78, 5) is 0. The molecule has 0 aromatic rings. The fourth-order valence-corrected chi connectivity index (χ4v) is 0. The van der Waals surface area contributed by atoms with Crippen molar-refractivity contribution in [1.29, 1.82) is 0 Å². The van der Waals surface area contributed by atoms with Crippen molar-refractivity contribution in [2.24, 2.45) is 0 Å². The van der Waals surface area contributed by atoms with Gasteiger partial charge in [-0.1, -0.05) is 0 Å². The molecule has 0 saturated carbocycles. The number of hydrogen-bond donors (Lipinski definition) is 0. The Morgan fingerprint density at radius 1 is 0.400 bits per heavy atom. The molecular weight excluding hydrogens is 229 g/mol. The summed E-state index contributed by atoms with van der Waals surface area (Å²) in [5.41, 5.74) is 0. The standard InChI is InChI=1S/2BrH.3Na.3H/h2*1H;;;;;;. The third kappa shape index (κ3) is 18.0. The maximum absolute atomic E-state index is 0. The molecule has 0 spiro atoms. The van der Waals surface area contributed by atoms with E-state index in [-0.39, 0.29) is 123 Å². The van der Waals surface area contributed by atoms with Crippen LogP contribution in [-0.4, -0.2) is 88.7 Å². The minimum absolute atomic E-state index is 0. The van der Waals surface area contributed by atoms with E-state index in [4.69, 9.17) is 0 Å². The number of halogens is 2. The van der Waals surface area contributed by atoms with E-state index in [0.717, 1.165) is 0 Å². The summed E-state index contributed by atoms with van der Waals surface area (Å²) in [6.45, 7) is 0. The Hall–Kier alpha value is 3.96. The molecule has 0 amide bonds. The molecule has 0 aromatic carbocycles. The zero-order valence-electron chi connectivity index (χ0n) is 0.816. The van der Waals surface area contributed by atoms with Crippen LogP contribution in [0.25, 0.3) is 0 Å². The Morgan fingerprint density at radius 3 is 0.400 bits per heavy atom. The maximum atomic E-state index is 0. The number of hydrogen-bond acceptors (Lipinski definition) is 0. The molecule has 0 bridgehead atoms. The molecule has 22 valence electrons. The van der Waals surface area contributed by atoms with Crippen molar-refractivity contribution in [2.45, 2.75) is 0 Å². The van der Waals surface area contributed by atoms with Gasteiger partial charge in [0, 0.05) is 0 Å². The molecule has 0 nitrogen and oxygen atoms in total. The third-order valence-electron chi connectivity index (χ3n) is 0. The van der Waals surface area contributed by atoms with E-state index >= 15 is 0 Å². The van der Waals surface area contributed by atoms with Gasteiger partial charge in [0.25, 0.3) is 0 Å². The Kier molecular flexibility index (Phi) is 178. The quantitative estimate of drug-likeness (QED) is 0.482. The summed E-state index contributed by atoms with van der Waals surface area (Å²) >= 11 is 0. The SMILES string of the molecule is Br.Br.[NaH].[NaH].[NaH].